The Morgan fingerprint density at radius 2 is 2.09 bits per heavy atom. The quantitative estimate of drug-likeness (QED) is 0.589. The molecule has 3 rings (SSSR count). The van der Waals surface area contributed by atoms with Crippen LogP contribution in [0.25, 0.3) is 22.5 Å². The minimum atomic E-state index is 0.742. The first-order valence-electron chi connectivity index (χ1n) is 6.78. The third-order valence-electron chi connectivity index (χ3n) is 3.29. The summed E-state index contributed by atoms with van der Waals surface area (Å²) in [5, 5.41) is 8.06. The number of nitrogens with zero attached hydrogens (tertiary/aromatic N) is 3. The Kier molecular flexibility index (Phi) is 4.11. The van der Waals surface area contributed by atoms with E-state index in [-0.39, 0.29) is 0 Å². The van der Waals surface area contributed by atoms with Crippen molar-refractivity contribution in [3.63, 3.8) is 0 Å². The van der Waals surface area contributed by atoms with Crippen LogP contribution in [0, 0.1) is 6.92 Å². The highest BCUT2D eigenvalue weighted by Crippen LogP contribution is 2.32. The van der Waals surface area contributed by atoms with Crippen molar-refractivity contribution in [1.29, 1.82) is 0 Å². The fraction of sp³-hybridized carbons (Fsp3) is 0.188. The number of aromatic amines is 1. The van der Waals surface area contributed by atoms with Gasteiger partial charge in [-0.05, 0) is 43.0 Å². The van der Waals surface area contributed by atoms with Gasteiger partial charge in [0.25, 0.3) is 0 Å². The molecular formula is C16H16N4OS. The molecule has 0 aliphatic heterocycles. The van der Waals surface area contributed by atoms with Crippen LogP contribution >= 0.6 is 11.8 Å². The predicted octanol–water partition coefficient (Wildman–Crippen LogP) is 3.57. The normalized spacial score (nSPS) is 10.7. The van der Waals surface area contributed by atoms with E-state index in [9.17, 15) is 0 Å². The van der Waals surface area contributed by atoms with Gasteiger partial charge in [-0.25, -0.2) is 9.97 Å². The molecule has 0 bridgehead atoms. The molecule has 112 valence electrons. The molecule has 0 spiro atoms. The summed E-state index contributed by atoms with van der Waals surface area (Å²) < 4.78 is 5.35. The largest absolute Gasteiger partial charge is 0.497 e. The van der Waals surface area contributed by atoms with E-state index in [1.54, 1.807) is 13.3 Å². The zero-order chi connectivity index (χ0) is 15.5. The molecule has 3 aromatic rings. The topological polar surface area (TPSA) is 63.7 Å². The molecule has 0 amide bonds. The van der Waals surface area contributed by atoms with E-state index in [1.807, 2.05) is 37.6 Å². The average Bonchev–Trinajstić information content (AvgIpc) is 3.04. The molecule has 5 nitrogen and oxygen atoms in total. The minimum absolute atomic E-state index is 0.742. The molecule has 1 aromatic carbocycles. The summed E-state index contributed by atoms with van der Waals surface area (Å²) in [5.41, 5.74) is 4.77. The lowest BCUT2D eigenvalue weighted by Gasteiger charge is -2.07. The number of methoxy groups -OCH3 is 1. The van der Waals surface area contributed by atoms with Crippen LogP contribution in [0.5, 0.6) is 5.75 Å². The lowest BCUT2D eigenvalue weighted by molar-refractivity contribution is 0.414. The Bertz CT molecular complexity index is 800. The van der Waals surface area contributed by atoms with Crippen LogP contribution in [0.15, 0.2) is 41.8 Å². The Hall–Kier alpha value is -2.34. The number of thioether (sulfide) groups is 1. The number of hydrogen-bond donors (Lipinski definition) is 1. The first-order valence-corrected chi connectivity index (χ1v) is 8.01. The maximum atomic E-state index is 5.35. The summed E-state index contributed by atoms with van der Waals surface area (Å²) in [6.07, 6.45) is 5.58. The van der Waals surface area contributed by atoms with Gasteiger partial charge in [-0.3, -0.25) is 5.10 Å². The zero-order valence-electron chi connectivity index (χ0n) is 12.6. The Morgan fingerprint density at radius 1 is 1.23 bits per heavy atom. The third-order valence-corrected chi connectivity index (χ3v) is 3.85. The first kappa shape index (κ1) is 14.6. The van der Waals surface area contributed by atoms with Gasteiger partial charge < -0.3 is 4.74 Å². The van der Waals surface area contributed by atoms with E-state index in [4.69, 9.17) is 4.74 Å². The first-order chi connectivity index (χ1) is 10.7. The predicted molar refractivity (Wildman–Crippen MR) is 88.1 cm³/mol. The van der Waals surface area contributed by atoms with Gasteiger partial charge in [-0.2, -0.15) is 5.10 Å². The fourth-order valence-electron chi connectivity index (χ4n) is 2.30. The number of rotatable bonds is 4. The molecule has 0 fully saturated rings. The van der Waals surface area contributed by atoms with Gasteiger partial charge in [0.15, 0.2) is 5.16 Å². The highest BCUT2D eigenvalue weighted by Gasteiger charge is 2.13. The van der Waals surface area contributed by atoms with Gasteiger partial charge >= 0.3 is 0 Å². The molecule has 1 N–H and O–H groups in total. The van der Waals surface area contributed by atoms with Crippen LogP contribution in [0.4, 0.5) is 0 Å². The SMILES string of the molecule is COc1cc(C)cc(-c2n[nH]cc2-c2ccnc(SC)n2)c1. The maximum absolute atomic E-state index is 5.35. The second-order valence-electron chi connectivity index (χ2n) is 4.81. The van der Waals surface area contributed by atoms with Gasteiger partial charge in [0, 0.05) is 23.5 Å². The molecule has 0 saturated heterocycles. The van der Waals surface area contributed by atoms with Crippen molar-refractivity contribution in [2.45, 2.75) is 12.1 Å². The summed E-state index contributed by atoms with van der Waals surface area (Å²) >= 11 is 1.52. The number of hydrogen-bond acceptors (Lipinski definition) is 5. The zero-order valence-corrected chi connectivity index (χ0v) is 13.4. The van der Waals surface area contributed by atoms with E-state index >= 15 is 0 Å². The van der Waals surface area contributed by atoms with E-state index < -0.39 is 0 Å². The number of H-pyrrole nitrogens is 1. The molecule has 0 aliphatic rings. The van der Waals surface area contributed by atoms with Crippen molar-refractivity contribution >= 4 is 11.8 Å². The third kappa shape index (κ3) is 2.82. The van der Waals surface area contributed by atoms with E-state index in [1.165, 1.54) is 11.8 Å². The van der Waals surface area contributed by atoms with Gasteiger partial charge in [0.05, 0.1) is 12.8 Å². The molecule has 0 saturated carbocycles. The fourth-order valence-corrected chi connectivity index (χ4v) is 2.65. The summed E-state index contributed by atoms with van der Waals surface area (Å²) in [6, 6.07) is 7.94. The molecule has 0 atom stereocenters. The highest BCUT2D eigenvalue weighted by atomic mass is 32.2. The number of nitrogens with one attached hydrogen (secondary N) is 1. The van der Waals surface area contributed by atoms with Crippen molar-refractivity contribution in [1.82, 2.24) is 20.2 Å². The van der Waals surface area contributed by atoms with Crippen LogP contribution in [-0.4, -0.2) is 33.5 Å². The highest BCUT2D eigenvalue weighted by molar-refractivity contribution is 7.98. The van der Waals surface area contributed by atoms with Crippen LogP contribution < -0.4 is 4.74 Å². The smallest absolute Gasteiger partial charge is 0.187 e. The maximum Gasteiger partial charge on any atom is 0.187 e. The van der Waals surface area contributed by atoms with Crippen molar-refractivity contribution in [3.8, 4) is 28.3 Å². The summed E-state index contributed by atoms with van der Waals surface area (Å²) in [4.78, 5) is 8.76. The van der Waals surface area contributed by atoms with Crippen LogP contribution in [-0.2, 0) is 0 Å². The summed E-state index contributed by atoms with van der Waals surface area (Å²) in [7, 11) is 1.67. The molecule has 0 unspecified atom stereocenters. The Balaban J connectivity index is 2.10. The second-order valence-corrected chi connectivity index (χ2v) is 5.59. The van der Waals surface area contributed by atoms with Gasteiger partial charge in [0.2, 0.25) is 0 Å². The monoisotopic (exact) mass is 312 g/mol. The van der Waals surface area contributed by atoms with E-state index in [2.05, 4.69) is 26.2 Å². The summed E-state index contributed by atoms with van der Waals surface area (Å²) in [6.45, 7) is 2.04. The number of aryl methyl sites for hydroxylation is 1. The molecule has 2 aromatic heterocycles. The van der Waals surface area contributed by atoms with Gasteiger partial charge in [-0.15, -0.1) is 0 Å². The van der Waals surface area contributed by atoms with E-state index in [0.717, 1.165) is 39.0 Å². The van der Waals surface area contributed by atoms with E-state index in [0.29, 0.717) is 0 Å². The lowest BCUT2D eigenvalue weighted by Crippen LogP contribution is -1.91. The molecule has 2 heterocycles. The van der Waals surface area contributed by atoms with Crippen molar-refractivity contribution < 1.29 is 4.74 Å². The second kappa shape index (κ2) is 6.19. The number of ether oxygens (including phenoxy) is 1. The van der Waals surface area contributed by atoms with Crippen LogP contribution in [0.2, 0.25) is 0 Å². The molecule has 6 heteroatoms. The Labute approximate surface area is 133 Å². The van der Waals surface area contributed by atoms with Gasteiger partial charge in [0.1, 0.15) is 11.4 Å². The Morgan fingerprint density at radius 3 is 2.86 bits per heavy atom. The van der Waals surface area contributed by atoms with Crippen LogP contribution in [0.3, 0.4) is 0 Å². The molecule has 0 aliphatic carbocycles. The van der Waals surface area contributed by atoms with Crippen molar-refractivity contribution in [3.05, 3.63) is 42.2 Å². The average molecular weight is 312 g/mol. The number of benzene rings is 1. The standard InChI is InChI=1S/C16H16N4OS/c1-10-6-11(8-12(7-10)21-2)15-13(9-18-20-15)14-4-5-17-16(19-14)22-3/h4-9H,1-3H3,(H,18,20). The van der Waals surface area contributed by atoms with Gasteiger partial charge in [-0.1, -0.05) is 11.8 Å². The summed E-state index contributed by atoms with van der Waals surface area (Å²) in [5.74, 6) is 0.816. The van der Waals surface area contributed by atoms with Crippen molar-refractivity contribution in [2.75, 3.05) is 13.4 Å². The molecule has 0 radical (unpaired) electrons. The minimum Gasteiger partial charge on any atom is -0.497 e. The number of aromatic nitrogens is 4. The van der Waals surface area contributed by atoms with Crippen molar-refractivity contribution in [2.24, 2.45) is 0 Å². The molecular weight excluding hydrogens is 296 g/mol. The lowest BCUT2D eigenvalue weighted by atomic mass is 10.0. The molecule has 22 heavy (non-hydrogen) atoms. The van der Waals surface area contributed by atoms with Crippen LogP contribution in [0.1, 0.15) is 5.56 Å².